The SMILES string of the molecule is Cc1cc(C)cc(-n2c(C)cc(C=C(C#N)c3ccccc3)c2C)c1. The highest BCUT2D eigenvalue weighted by molar-refractivity contribution is 5.90. The minimum atomic E-state index is 0.682. The Hall–Kier alpha value is -3.05. The van der Waals surface area contributed by atoms with Crippen LogP contribution in [-0.2, 0) is 0 Å². The number of rotatable bonds is 3. The molecule has 2 nitrogen and oxygen atoms in total. The fourth-order valence-corrected chi connectivity index (χ4v) is 3.36. The second-order valence-electron chi connectivity index (χ2n) is 6.54. The van der Waals surface area contributed by atoms with Gasteiger partial charge in [0.1, 0.15) is 0 Å². The van der Waals surface area contributed by atoms with E-state index in [1.54, 1.807) is 0 Å². The van der Waals surface area contributed by atoms with E-state index in [0.717, 1.165) is 16.8 Å². The normalized spacial score (nSPS) is 11.4. The molecule has 1 heterocycles. The zero-order chi connectivity index (χ0) is 18.0. The molecule has 0 spiro atoms. The number of allylic oxidation sites excluding steroid dienone is 1. The number of nitrogens with zero attached hydrogens (tertiary/aromatic N) is 2. The molecule has 0 aliphatic rings. The third kappa shape index (κ3) is 3.41. The largest absolute Gasteiger partial charge is 0.318 e. The summed E-state index contributed by atoms with van der Waals surface area (Å²) in [6, 6.07) is 20.9. The third-order valence-corrected chi connectivity index (χ3v) is 4.44. The number of aryl methyl sites for hydroxylation is 3. The van der Waals surface area contributed by atoms with Gasteiger partial charge in [0.15, 0.2) is 0 Å². The van der Waals surface area contributed by atoms with Crippen LogP contribution in [0, 0.1) is 39.0 Å². The molecule has 0 fully saturated rings. The average Bonchev–Trinajstić information content (AvgIpc) is 2.86. The molecular formula is C23H22N2. The summed E-state index contributed by atoms with van der Waals surface area (Å²) in [7, 11) is 0. The Morgan fingerprint density at radius 2 is 1.56 bits per heavy atom. The highest BCUT2D eigenvalue weighted by Crippen LogP contribution is 2.26. The summed E-state index contributed by atoms with van der Waals surface area (Å²) in [5.74, 6) is 0. The van der Waals surface area contributed by atoms with Gasteiger partial charge in [-0.1, -0.05) is 36.4 Å². The van der Waals surface area contributed by atoms with Crippen molar-refractivity contribution in [1.82, 2.24) is 4.57 Å². The molecule has 2 heteroatoms. The van der Waals surface area contributed by atoms with Gasteiger partial charge in [-0.25, -0.2) is 0 Å². The first kappa shape index (κ1) is 16.8. The lowest BCUT2D eigenvalue weighted by molar-refractivity contribution is 0.960. The van der Waals surface area contributed by atoms with Crippen molar-refractivity contribution in [3.05, 3.63) is 88.2 Å². The monoisotopic (exact) mass is 326 g/mol. The highest BCUT2D eigenvalue weighted by Gasteiger charge is 2.11. The molecule has 0 N–H and O–H groups in total. The van der Waals surface area contributed by atoms with Crippen molar-refractivity contribution in [2.75, 3.05) is 0 Å². The average molecular weight is 326 g/mol. The lowest BCUT2D eigenvalue weighted by atomic mass is 10.0. The van der Waals surface area contributed by atoms with E-state index >= 15 is 0 Å². The Labute approximate surface area is 149 Å². The smallest absolute Gasteiger partial charge is 0.0998 e. The van der Waals surface area contributed by atoms with E-state index in [1.807, 2.05) is 36.4 Å². The third-order valence-electron chi connectivity index (χ3n) is 4.44. The van der Waals surface area contributed by atoms with E-state index in [-0.39, 0.29) is 0 Å². The zero-order valence-corrected chi connectivity index (χ0v) is 15.2. The Kier molecular flexibility index (Phi) is 4.59. The van der Waals surface area contributed by atoms with Crippen molar-refractivity contribution in [2.45, 2.75) is 27.7 Å². The van der Waals surface area contributed by atoms with E-state index in [4.69, 9.17) is 0 Å². The van der Waals surface area contributed by atoms with Gasteiger partial charge in [0.2, 0.25) is 0 Å². The second-order valence-corrected chi connectivity index (χ2v) is 6.54. The number of benzene rings is 2. The fraction of sp³-hybridized carbons (Fsp3) is 0.174. The standard InChI is InChI=1S/C23H22N2/c1-16-10-17(2)12-23(11-16)25-18(3)13-21(19(25)4)14-22(15-24)20-8-6-5-7-9-20/h5-14H,1-4H3. The van der Waals surface area contributed by atoms with Gasteiger partial charge in [0.05, 0.1) is 11.6 Å². The predicted octanol–water partition coefficient (Wildman–Crippen LogP) is 5.78. The molecule has 0 unspecified atom stereocenters. The molecule has 0 aliphatic carbocycles. The maximum Gasteiger partial charge on any atom is 0.0998 e. The number of nitriles is 1. The van der Waals surface area contributed by atoms with Gasteiger partial charge < -0.3 is 4.57 Å². The summed E-state index contributed by atoms with van der Waals surface area (Å²) in [5, 5.41) is 9.57. The molecule has 0 aliphatic heterocycles. The van der Waals surface area contributed by atoms with E-state index in [0.29, 0.717) is 5.57 Å². The van der Waals surface area contributed by atoms with Crippen molar-refractivity contribution in [2.24, 2.45) is 0 Å². The first-order valence-electron chi connectivity index (χ1n) is 8.44. The quantitative estimate of drug-likeness (QED) is 0.561. The van der Waals surface area contributed by atoms with Gasteiger partial charge in [0, 0.05) is 17.1 Å². The molecular weight excluding hydrogens is 304 g/mol. The van der Waals surface area contributed by atoms with Crippen LogP contribution < -0.4 is 0 Å². The maximum atomic E-state index is 9.57. The maximum absolute atomic E-state index is 9.57. The van der Waals surface area contributed by atoms with Gasteiger partial charge >= 0.3 is 0 Å². The molecule has 25 heavy (non-hydrogen) atoms. The van der Waals surface area contributed by atoms with Crippen molar-refractivity contribution in [3.63, 3.8) is 0 Å². The first-order valence-corrected chi connectivity index (χ1v) is 8.44. The van der Waals surface area contributed by atoms with Crippen LogP contribution >= 0.6 is 0 Å². The predicted molar refractivity (Wildman–Crippen MR) is 105 cm³/mol. The number of aromatic nitrogens is 1. The highest BCUT2D eigenvalue weighted by atomic mass is 15.0. The van der Waals surface area contributed by atoms with Gasteiger partial charge in [0.25, 0.3) is 0 Å². The fourth-order valence-electron chi connectivity index (χ4n) is 3.36. The summed E-state index contributed by atoms with van der Waals surface area (Å²) in [5.41, 5.74) is 8.69. The van der Waals surface area contributed by atoms with E-state index in [2.05, 4.69) is 62.6 Å². The number of hydrogen-bond donors (Lipinski definition) is 0. The minimum Gasteiger partial charge on any atom is -0.318 e. The summed E-state index contributed by atoms with van der Waals surface area (Å²) >= 11 is 0. The van der Waals surface area contributed by atoms with Crippen LogP contribution in [-0.4, -0.2) is 4.57 Å². The van der Waals surface area contributed by atoms with Crippen molar-refractivity contribution in [1.29, 1.82) is 5.26 Å². The van der Waals surface area contributed by atoms with E-state index in [1.165, 1.54) is 22.5 Å². The minimum absolute atomic E-state index is 0.682. The molecule has 2 aromatic carbocycles. The number of hydrogen-bond acceptors (Lipinski definition) is 1. The van der Waals surface area contributed by atoms with E-state index < -0.39 is 0 Å². The van der Waals surface area contributed by atoms with Crippen molar-refractivity contribution in [3.8, 4) is 11.8 Å². The molecule has 0 saturated carbocycles. The second kappa shape index (κ2) is 6.83. The molecule has 3 aromatic rings. The molecule has 0 amide bonds. The summed E-state index contributed by atoms with van der Waals surface area (Å²) < 4.78 is 2.26. The molecule has 1 aromatic heterocycles. The van der Waals surface area contributed by atoms with E-state index in [9.17, 15) is 5.26 Å². The molecule has 0 atom stereocenters. The molecule has 0 radical (unpaired) electrons. The van der Waals surface area contributed by atoms with Gasteiger partial charge in [-0.3, -0.25) is 0 Å². The Morgan fingerprint density at radius 3 is 2.16 bits per heavy atom. The Bertz CT molecular complexity index is 963. The lowest BCUT2D eigenvalue weighted by Crippen LogP contribution is -2.00. The van der Waals surface area contributed by atoms with Crippen molar-refractivity contribution >= 4 is 11.6 Å². The van der Waals surface area contributed by atoms with Gasteiger partial charge in [-0.2, -0.15) is 5.26 Å². The van der Waals surface area contributed by atoms with Crippen LogP contribution in [0.25, 0.3) is 17.3 Å². The van der Waals surface area contributed by atoms with Gasteiger partial charge in [-0.05, 0) is 74.2 Å². The topological polar surface area (TPSA) is 28.7 Å². The molecule has 0 saturated heterocycles. The molecule has 124 valence electrons. The van der Waals surface area contributed by atoms with Crippen LogP contribution in [0.1, 0.15) is 33.6 Å². The van der Waals surface area contributed by atoms with Crippen LogP contribution in [0.5, 0.6) is 0 Å². The zero-order valence-electron chi connectivity index (χ0n) is 15.2. The summed E-state index contributed by atoms with van der Waals surface area (Å²) in [4.78, 5) is 0. The van der Waals surface area contributed by atoms with Crippen LogP contribution in [0.2, 0.25) is 0 Å². The molecule has 0 bridgehead atoms. The first-order chi connectivity index (χ1) is 12.0. The summed E-state index contributed by atoms with van der Waals surface area (Å²) in [6.07, 6.45) is 1.98. The molecule has 3 rings (SSSR count). The summed E-state index contributed by atoms with van der Waals surface area (Å²) in [6.45, 7) is 8.45. The van der Waals surface area contributed by atoms with Crippen LogP contribution in [0.3, 0.4) is 0 Å². The van der Waals surface area contributed by atoms with Crippen molar-refractivity contribution < 1.29 is 0 Å². The lowest BCUT2D eigenvalue weighted by Gasteiger charge is -2.12. The van der Waals surface area contributed by atoms with Crippen LogP contribution in [0.15, 0.2) is 54.6 Å². The van der Waals surface area contributed by atoms with Crippen LogP contribution in [0.4, 0.5) is 0 Å². The van der Waals surface area contributed by atoms with Gasteiger partial charge in [-0.15, -0.1) is 0 Å². The Morgan fingerprint density at radius 1 is 0.920 bits per heavy atom. The Balaban J connectivity index is 2.11.